The summed E-state index contributed by atoms with van der Waals surface area (Å²) in [6.07, 6.45) is 2.42. The molecule has 21 heavy (non-hydrogen) atoms. The van der Waals surface area contributed by atoms with Crippen LogP contribution in [0.4, 0.5) is 10.7 Å². The number of ketones is 1. The van der Waals surface area contributed by atoms with E-state index < -0.39 is 0 Å². The third-order valence-corrected chi connectivity index (χ3v) is 5.09. The minimum atomic E-state index is 0.00799. The highest BCUT2D eigenvalue weighted by Crippen LogP contribution is 2.47. The second-order valence-electron chi connectivity index (χ2n) is 6.89. The molecule has 0 bridgehead atoms. The lowest BCUT2D eigenvalue weighted by atomic mass is 9.84. The number of rotatable bonds is 4. The highest BCUT2D eigenvalue weighted by molar-refractivity contribution is 7.19. The Labute approximate surface area is 131 Å². The zero-order valence-electron chi connectivity index (χ0n) is 13.7. The minimum Gasteiger partial charge on any atom is -0.486 e. The third-order valence-electron chi connectivity index (χ3n) is 3.74. The molecule has 0 unspecified atom stereocenters. The Balaban J connectivity index is 2.41. The molecule has 2 heterocycles. The Morgan fingerprint density at radius 3 is 2.62 bits per heavy atom. The first kappa shape index (κ1) is 16.1. The number of anilines is 2. The second-order valence-corrected chi connectivity index (χ2v) is 7.89. The Morgan fingerprint density at radius 2 is 2.10 bits per heavy atom. The molecule has 2 rings (SSSR count). The number of Topliss-reactive ketones (excluding diaryl/α,β-unsaturated/α-hetero) is 1. The van der Waals surface area contributed by atoms with E-state index in [0.29, 0.717) is 16.3 Å². The highest BCUT2D eigenvalue weighted by Gasteiger charge is 2.31. The number of ether oxygens (including phenoxy) is 1. The number of hydrogen-bond acceptors (Lipinski definition) is 5. The molecule has 0 amide bonds. The number of carbonyl (C=O) groups excluding carboxylic acids is 1. The van der Waals surface area contributed by atoms with Gasteiger partial charge in [-0.1, -0.05) is 13.8 Å². The van der Waals surface area contributed by atoms with Gasteiger partial charge in [0, 0.05) is 20.0 Å². The van der Waals surface area contributed by atoms with Gasteiger partial charge >= 0.3 is 0 Å². The van der Waals surface area contributed by atoms with E-state index in [9.17, 15) is 4.79 Å². The van der Waals surface area contributed by atoms with Crippen molar-refractivity contribution < 1.29 is 9.53 Å². The molecule has 5 heteroatoms. The Hall–Kier alpha value is -1.23. The van der Waals surface area contributed by atoms with E-state index >= 15 is 0 Å². The molecule has 118 valence electrons. The summed E-state index contributed by atoms with van der Waals surface area (Å²) in [4.78, 5) is 14.7. The molecule has 1 saturated heterocycles. The van der Waals surface area contributed by atoms with Gasteiger partial charge in [0.2, 0.25) is 0 Å². The molecule has 1 fully saturated rings. The van der Waals surface area contributed by atoms with Crippen molar-refractivity contribution in [3.8, 4) is 5.75 Å². The van der Waals surface area contributed by atoms with Gasteiger partial charge in [0.15, 0.2) is 11.5 Å². The molecule has 0 radical (unpaired) electrons. The lowest BCUT2D eigenvalue weighted by Crippen LogP contribution is -2.39. The largest absolute Gasteiger partial charge is 0.486 e. The molecule has 0 atom stereocenters. The smallest absolute Gasteiger partial charge is 0.177 e. The van der Waals surface area contributed by atoms with Crippen LogP contribution in [0.5, 0.6) is 5.75 Å². The Kier molecular flexibility index (Phi) is 4.51. The van der Waals surface area contributed by atoms with Gasteiger partial charge in [0.1, 0.15) is 5.00 Å². The van der Waals surface area contributed by atoms with E-state index in [0.717, 1.165) is 24.5 Å². The maximum Gasteiger partial charge on any atom is 0.177 e. The summed E-state index contributed by atoms with van der Waals surface area (Å²) >= 11 is 1.47. The number of carbonyl (C=O) groups is 1. The summed E-state index contributed by atoms with van der Waals surface area (Å²) < 4.78 is 5.92. The van der Waals surface area contributed by atoms with E-state index in [1.54, 1.807) is 6.92 Å². The number of hydrogen-bond donors (Lipinski definition) is 1. The van der Waals surface area contributed by atoms with Crippen molar-refractivity contribution in [2.45, 2.75) is 53.6 Å². The van der Waals surface area contributed by atoms with Crippen LogP contribution in [0.15, 0.2) is 0 Å². The zero-order valence-corrected chi connectivity index (χ0v) is 14.5. The molecule has 4 nitrogen and oxygen atoms in total. The average Bonchev–Trinajstić information content (AvgIpc) is 2.65. The van der Waals surface area contributed by atoms with Crippen LogP contribution >= 0.6 is 11.3 Å². The fourth-order valence-electron chi connectivity index (χ4n) is 2.83. The van der Waals surface area contributed by atoms with Crippen LogP contribution in [-0.2, 0) is 0 Å². The van der Waals surface area contributed by atoms with E-state index in [4.69, 9.17) is 10.5 Å². The molecule has 1 aliphatic heterocycles. The van der Waals surface area contributed by atoms with Crippen LogP contribution in [0.3, 0.4) is 0 Å². The molecule has 1 aliphatic rings. The first-order valence-corrected chi connectivity index (χ1v) is 8.38. The van der Waals surface area contributed by atoms with Gasteiger partial charge in [-0.25, -0.2) is 0 Å². The van der Waals surface area contributed by atoms with Gasteiger partial charge in [0.05, 0.1) is 16.7 Å². The van der Waals surface area contributed by atoms with E-state index in [2.05, 4.69) is 18.7 Å². The number of nitrogens with zero attached hydrogens (tertiary/aromatic N) is 1. The predicted molar refractivity (Wildman–Crippen MR) is 89.7 cm³/mol. The van der Waals surface area contributed by atoms with Gasteiger partial charge in [-0.05, 0) is 32.1 Å². The number of thiophene rings is 1. The fourth-order valence-corrected chi connectivity index (χ4v) is 3.91. The molecule has 0 saturated carbocycles. The lowest BCUT2D eigenvalue weighted by Gasteiger charge is -2.39. The molecule has 1 aromatic heterocycles. The first-order chi connectivity index (χ1) is 9.71. The number of piperidine rings is 1. The van der Waals surface area contributed by atoms with Crippen LogP contribution in [-0.4, -0.2) is 25.0 Å². The van der Waals surface area contributed by atoms with Crippen molar-refractivity contribution in [3.05, 3.63) is 4.88 Å². The van der Waals surface area contributed by atoms with Crippen molar-refractivity contribution in [3.63, 3.8) is 0 Å². The van der Waals surface area contributed by atoms with Crippen LogP contribution in [0.25, 0.3) is 0 Å². The van der Waals surface area contributed by atoms with E-state index in [-0.39, 0.29) is 17.3 Å². The average molecular weight is 310 g/mol. The molecular formula is C16H26N2O2S. The maximum absolute atomic E-state index is 11.8. The van der Waals surface area contributed by atoms with Gasteiger partial charge in [0.25, 0.3) is 0 Å². The fraction of sp³-hybridized carbons (Fsp3) is 0.688. The standard InChI is InChI=1S/C16H26N2O2S/c1-10(2)20-13-12(17)14(11(3)19)21-15(13)18-8-6-7-16(4,5)9-18/h10H,6-9,17H2,1-5H3. The van der Waals surface area contributed by atoms with Crippen LogP contribution < -0.4 is 15.4 Å². The first-order valence-electron chi connectivity index (χ1n) is 7.56. The molecule has 2 N–H and O–H groups in total. The van der Waals surface area contributed by atoms with E-state index in [1.807, 2.05) is 13.8 Å². The molecule has 0 spiro atoms. The van der Waals surface area contributed by atoms with Crippen molar-refractivity contribution in [2.24, 2.45) is 5.41 Å². The van der Waals surface area contributed by atoms with Crippen LogP contribution in [0.2, 0.25) is 0 Å². The summed E-state index contributed by atoms with van der Waals surface area (Å²) in [6, 6.07) is 0. The van der Waals surface area contributed by atoms with Crippen molar-refractivity contribution in [2.75, 3.05) is 23.7 Å². The summed E-state index contributed by atoms with van der Waals surface area (Å²) in [7, 11) is 0. The Morgan fingerprint density at radius 1 is 1.43 bits per heavy atom. The predicted octanol–water partition coefficient (Wildman–Crippen LogP) is 3.95. The van der Waals surface area contributed by atoms with Crippen molar-refractivity contribution >= 4 is 27.8 Å². The van der Waals surface area contributed by atoms with Crippen molar-refractivity contribution in [1.82, 2.24) is 0 Å². The van der Waals surface area contributed by atoms with Gasteiger partial charge < -0.3 is 15.4 Å². The molecule has 1 aromatic rings. The molecule has 0 aliphatic carbocycles. The molecule has 0 aromatic carbocycles. The van der Waals surface area contributed by atoms with E-state index in [1.165, 1.54) is 17.8 Å². The lowest BCUT2D eigenvalue weighted by molar-refractivity contribution is 0.102. The summed E-state index contributed by atoms with van der Waals surface area (Å²) in [5.41, 5.74) is 6.95. The third kappa shape index (κ3) is 3.51. The summed E-state index contributed by atoms with van der Waals surface area (Å²) in [5, 5.41) is 1.01. The minimum absolute atomic E-state index is 0.00799. The number of nitrogen functional groups attached to an aromatic ring is 1. The normalized spacial score (nSPS) is 18.1. The van der Waals surface area contributed by atoms with Crippen LogP contribution in [0, 0.1) is 5.41 Å². The van der Waals surface area contributed by atoms with Crippen molar-refractivity contribution in [1.29, 1.82) is 0 Å². The van der Waals surface area contributed by atoms with Crippen LogP contribution in [0.1, 0.15) is 57.1 Å². The quantitative estimate of drug-likeness (QED) is 0.856. The highest BCUT2D eigenvalue weighted by atomic mass is 32.1. The molecular weight excluding hydrogens is 284 g/mol. The monoisotopic (exact) mass is 310 g/mol. The SMILES string of the molecule is CC(=O)c1sc(N2CCCC(C)(C)C2)c(OC(C)C)c1N. The summed E-state index contributed by atoms with van der Waals surface area (Å²) in [5.74, 6) is 0.700. The number of nitrogens with two attached hydrogens (primary N) is 1. The topological polar surface area (TPSA) is 55.6 Å². The maximum atomic E-state index is 11.8. The zero-order chi connectivity index (χ0) is 15.8. The van der Waals surface area contributed by atoms with Gasteiger partial charge in [-0.15, -0.1) is 11.3 Å². The van der Waals surface area contributed by atoms with Gasteiger partial charge in [-0.2, -0.15) is 0 Å². The summed E-state index contributed by atoms with van der Waals surface area (Å²) in [6.45, 7) is 12.1. The Bertz CT molecular complexity index is 535. The van der Waals surface area contributed by atoms with Gasteiger partial charge in [-0.3, -0.25) is 4.79 Å². The second kappa shape index (κ2) is 5.87.